The van der Waals surface area contributed by atoms with Crippen molar-refractivity contribution >= 4 is 14.7 Å². The number of hydrogen-bond donors (Lipinski definition) is 2. The first kappa shape index (κ1) is 21.5. The molecule has 0 fully saturated rings. The first-order valence-corrected chi connectivity index (χ1v) is 10.0. The zero-order valence-corrected chi connectivity index (χ0v) is 15.9. The van der Waals surface area contributed by atoms with Crippen LogP contribution in [0.1, 0.15) is 48.0 Å². The highest BCUT2D eigenvalue weighted by Gasteiger charge is 2.41. The maximum atomic E-state index is 11.5. The highest BCUT2D eigenvalue weighted by molar-refractivity contribution is 6.60. The molecule has 0 radical (unpaired) electrons. The van der Waals surface area contributed by atoms with Crippen LogP contribution >= 0.6 is 0 Å². The lowest BCUT2D eigenvalue weighted by Crippen LogP contribution is -2.47. The Balaban J connectivity index is 4.62. The van der Waals surface area contributed by atoms with E-state index in [9.17, 15) is 9.90 Å². The summed E-state index contributed by atoms with van der Waals surface area (Å²) in [6.45, 7) is 13.6. The van der Waals surface area contributed by atoms with E-state index < -0.39 is 14.9 Å². The Kier molecular flexibility index (Phi) is 10.1. The molecule has 0 saturated heterocycles. The van der Waals surface area contributed by atoms with Gasteiger partial charge in [0.05, 0.1) is 0 Å². The van der Waals surface area contributed by atoms with E-state index in [0.717, 1.165) is 6.42 Å². The Morgan fingerprint density at radius 1 is 1.14 bits per heavy atom. The summed E-state index contributed by atoms with van der Waals surface area (Å²) < 4.78 is 17.5. The molecule has 7 heteroatoms. The smallest absolute Gasteiger partial charge is 0.384 e. The molecule has 1 atom stereocenters. The van der Waals surface area contributed by atoms with Gasteiger partial charge < -0.3 is 23.7 Å². The average Bonchev–Trinajstić information content (AvgIpc) is 2.44. The molecule has 2 N–H and O–H groups in total. The van der Waals surface area contributed by atoms with Crippen molar-refractivity contribution < 1.29 is 23.2 Å². The molecule has 0 saturated carbocycles. The highest BCUT2D eigenvalue weighted by atomic mass is 28.4. The van der Waals surface area contributed by atoms with Gasteiger partial charge in [-0.3, -0.25) is 4.79 Å². The molecule has 0 heterocycles. The molecule has 0 aliphatic rings. The SMILES string of the molecule is CCO[Si](CCC(C)(C)CNC(=O)C(C)O)(OCC)OCC. The van der Waals surface area contributed by atoms with Crippen molar-refractivity contribution in [2.75, 3.05) is 26.4 Å². The molecule has 6 nitrogen and oxygen atoms in total. The molecule has 0 bridgehead atoms. The third-order valence-electron chi connectivity index (χ3n) is 3.32. The van der Waals surface area contributed by atoms with E-state index in [2.05, 4.69) is 19.2 Å². The Labute approximate surface area is 135 Å². The summed E-state index contributed by atoms with van der Waals surface area (Å²) in [5.74, 6) is -0.351. The van der Waals surface area contributed by atoms with Gasteiger partial charge >= 0.3 is 8.80 Å². The summed E-state index contributed by atoms with van der Waals surface area (Å²) in [6.07, 6.45) is -0.182. The maximum Gasteiger partial charge on any atom is 0.500 e. The van der Waals surface area contributed by atoms with Gasteiger partial charge in [-0.05, 0) is 39.5 Å². The fourth-order valence-corrected chi connectivity index (χ4v) is 5.04. The Bertz CT molecular complexity index is 306. The maximum absolute atomic E-state index is 11.5. The molecule has 0 aliphatic heterocycles. The second-order valence-electron chi connectivity index (χ2n) is 6.04. The van der Waals surface area contributed by atoms with Crippen LogP contribution in [0.4, 0.5) is 0 Å². The third-order valence-corrected chi connectivity index (χ3v) is 6.37. The molecule has 132 valence electrons. The van der Waals surface area contributed by atoms with E-state index in [1.54, 1.807) is 0 Å². The van der Waals surface area contributed by atoms with E-state index in [0.29, 0.717) is 32.4 Å². The van der Waals surface area contributed by atoms with Crippen LogP contribution in [0.15, 0.2) is 0 Å². The first-order chi connectivity index (χ1) is 10.2. The van der Waals surface area contributed by atoms with Crippen molar-refractivity contribution in [2.24, 2.45) is 5.41 Å². The van der Waals surface area contributed by atoms with Crippen molar-refractivity contribution in [1.29, 1.82) is 0 Å². The van der Waals surface area contributed by atoms with Gasteiger partial charge in [-0.1, -0.05) is 13.8 Å². The number of aliphatic hydroxyl groups excluding tert-OH is 1. The van der Waals surface area contributed by atoms with Gasteiger partial charge in [0.15, 0.2) is 0 Å². The molecule has 1 unspecified atom stereocenters. The zero-order chi connectivity index (χ0) is 17.2. The molecule has 0 aromatic rings. The molecule has 0 aliphatic carbocycles. The van der Waals surface area contributed by atoms with Crippen LogP contribution in [0.5, 0.6) is 0 Å². The van der Waals surface area contributed by atoms with Gasteiger partial charge in [0, 0.05) is 32.4 Å². The lowest BCUT2D eigenvalue weighted by molar-refractivity contribution is -0.128. The lowest BCUT2D eigenvalue weighted by Gasteiger charge is -2.32. The van der Waals surface area contributed by atoms with E-state index in [-0.39, 0.29) is 11.3 Å². The predicted octanol–water partition coefficient (Wildman–Crippen LogP) is 1.95. The van der Waals surface area contributed by atoms with Gasteiger partial charge in [0.1, 0.15) is 6.10 Å². The Hall–Kier alpha value is -0.473. The Morgan fingerprint density at radius 3 is 1.95 bits per heavy atom. The predicted molar refractivity (Wildman–Crippen MR) is 88.5 cm³/mol. The average molecular weight is 336 g/mol. The van der Waals surface area contributed by atoms with Gasteiger partial charge in [-0.2, -0.15) is 0 Å². The van der Waals surface area contributed by atoms with Crippen LogP contribution < -0.4 is 5.32 Å². The zero-order valence-electron chi connectivity index (χ0n) is 14.9. The molecular weight excluding hydrogens is 302 g/mol. The molecule has 22 heavy (non-hydrogen) atoms. The number of rotatable bonds is 12. The van der Waals surface area contributed by atoms with Crippen molar-refractivity contribution in [3.63, 3.8) is 0 Å². The topological polar surface area (TPSA) is 77.0 Å². The summed E-state index contributed by atoms with van der Waals surface area (Å²) in [5.41, 5.74) is -0.131. The first-order valence-electron chi connectivity index (χ1n) is 8.09. The van der Waals surface area contributed by atoms with Crippen LogP contribution in [0, 0.1) is 5.41 Å². The number of amides is 1. The second-order valence-corrected chi connectivity index (χ2v) is 8.77. The lowest BCUT2D eigenvalue weighted by atomic mass is 9.90. The number of aliphatic hydroxyl groups is 1. The van der Waals surface area contributed by atoms with E-state index in [1.165, 1.54) is 6.92 Å². The second kappa shape index (κ2) is 10.3. The standard InChI is InChI=1S/C15H33NO5Si/c1-7-19-22(20-8-2,21-9-3)11-10-15(5,6)12-16-14(18)13(4)17/h13,17H,7-12H2,1-6H3,(H,16,18). The molecule has 1 amide bonds. The van der Waals surface area contributed by atoms with Crippen LogP contribution in [0.25, 0.3) is 0 Å². The Morgan fingerprint density at radius 2 is 1.59 bits per heavy atom. The van der Waals surface area contributed by atoms with E-state index in [4.69, 9.17) is 13.3 Å². The van der Waals surface area contributed by atoms with Crippen molar-refractivity contribution in [3.05, 3.63) is 0 Å². The van der Waals surface area contributed by atoms with Gasteiger partial charge in [0.2, 0.25) is 5.91 Å². The summed E-state index contributed by atoms with van der Waals surface area (Å²) >= 11 is 0. The quantitative estimate of drug-likeness (QED) is 0.533. The number of carbonyl (C=O) groups excluding carboxylic acids is 1. The van der Waals surface area contributed by atoms with Crippen molar-refractivity contribution in [3.8, 4) is 0 Å². The van der Waals surface area contributed by atoms with Gasteiger partial charge in [0.25, 0.3) is 0 Å². The fraction of sp³-hybridized carbons (Fsp3) is 0.933. The van der Waals surface area contributed by atoms with E-state index in [1.807, 2.05) is 20.8 Å². The van der Waals surface area contributed by atoms with Crippen LogP contribution in [-0.2, 0) is 18.1 Å². The van der Waals surface area contributed by atoms with Crippen molar-refractivity contribution in [2.45, 2.75) is 60.1 Å². The summed E-state index contributed by atoms with van der Waals surface area (Å²) in [4.78, 5) is 11.5. The largest absolute Gasteiger partial charge is 0.500 e. The highest BCUT2D eigenvalue weighted by Crippen LogP contribution is 2.28. The van der Waals surface area contributed by atoms with Crippen molar-refractivity contribution in [1.82, 2.24) is 5.32 Å². The van der Waals surface area contributed by atoms with Crippen LogP contribution in [0.3, 0.4) is 0 Å². The van der Waals surface area contributed by atoms with Crippen LogP contribution in [-0.4, -0.2) is 52.3 Å². The van der Waals surface area contributed by atoms with Gasteiger partial charge in [-0.25, -0.2) is 0 Å². The fourth-order valence-electron chi connectivity index (χ4n) is 2.06. The normalized spacial score (nSPS) is 14.0. The number of nitrogens with one attached hydrogen (secondary N) is 1. The summed E-state index contributed by atoms with van der Waals surface area (Å²) in [7, 11) is -2.65. The minimum Gasteiger partial charge on any atom is -0.384 e. The van der Waals surface area contributed by atoms with Gasteiger partial charge in [-0.15, -0.1) is 0 Å². The molecule has 0 aromatic heterocycles. The molecule has 0 spiro atoms. The van der Waals surface area contributed by atoms with E-state index >= 15 is 0 Å². The molecule has 0 aromatic carbocycles. The molecule has 0 rings (SSSR count). The number of hydrogen-bond acceptors (Lipinski definition) is 5. The third kappa shape index (κ3) is 8.24. The minimum atomic E-state index is -2.65. The van der Waals surface area contributed by atoms with Crippen LogP contribution in [0.2, 0.25) is 6.04 Å². The monoisotopic (exact) mass is 335 g/mol. The summed E-state index contributed by atoms with van der Waals surface area (Å²) in [5, 5.41) is 12.0. The molecular formula is C15H33NO5Si. The minimum absolute atomic E-state index is 0.131. The summed E-state index contributed by atoms with van der Waals surface area (Å²) in [6, 6.07) is 0.708. The number of carbonyl (C=O) groups is 1.